The Morgan fingerprint density at radius 2 is 1.78 bits per heavy atom. The number of benzene rings is 3. The molecule has 0 amide bonds. The molecule has 0 saturated heterocycles. The van der Waals surface area contributed by atoms with Crippen LogP contribution >= 0.6 is 0 Å². The molecule has 1 N–H and O–H groups in total. The Hall–Kier alpha value is -3.14. The number of fused-ring (bicyclic) bond motifs is 2. The molecule has 0 fully saturated rings. The highest BCUT2D eigenvalue weighted by molar-refractivity contribution is 5.95. The van der Waals surface area contributed by atoms with E-state index in [-0.39, 0.29) is 5.56 Å². The predicted molar refractivity (Wildman–Crippen MR) is 91.9 cm³/mol. The van der Waals surface area contributed by atoms with E-state index in [2.05, 4.69) is 9.97 Å². The first kappa shape index (κ1) is 13.5. The third-order valence-electron chi connectivity index (χ3n) is 3.96. The van der Waals surface area contributed by atoms with E-state index in [1.165, 1.54) is 0 Å². The highest BCUT2D eigenvalue weighted by Crippen LogP contribution is 2.26. The van der Waals surface area contributed by atoms with Crippen molar-refractivity contribution in [3.63, 3.8) is 0 Å². The normalized spacial score (nSPS) is 11.0. The fourth-order valence-electron chi connectivity index (χ4n) is 2.80. The predicted octanol–water partition coefficient (Wildman–Crippen LogP) is 3.75. The van der Waals surface area contributed by atoms with E-state index in [4.69, 9.17) is 4.74 Å². The van der Waals surface area contributed by atoms with Gasteiger partial charge in [0.05, 0.1) is 18.0 Å². The van der Waals surface area contributed by atoms with Crippen LogP contribution in [0.1, 0.15) is 0 Å². The molecule has 0 aliphatic heterocycles. The summed E-state index contributed by atoms with van der Waals surface area (Å²) in [6.45, 7) is 0. The Labute approximate surface area is 132 Å². The fraction of sp³-hybridized carbons (Fsp3) is 0.0526. The van der Waals surface area contributed by atoms with Gasteiger partial charge in [0.2, 0.25) is 0 Å². The summed E-state index contributed by atoms with van der Waals surface area (Å²) < 4.78 is 5.17. The number of nitrogens with zero attached hydrogens (tertiary/aromatic N) is 1. The van der Waals surface area contributed by atoms with E-state index in [1.54, 1.807) is 19.2 Å². The molecule has 0 aliphatic carbocycles. The molecular weight excluding hydrogens is 288 g/mol. The first-order valence-electron chi connectivity index (χ1n) is 7.32. The van der Waals surface area contributed by atoms with E-state index < -0.39 is 0 Å². The van der Waals surface area contributed by atoms with Crippen LogP contribution in [0, 0.1) is 0 Å². The number of ether oxygens (including phenoxy) is 1. The van der Waals surface area contributed by atoms with E-state index in [0.717, 1.165) is 16.3 Å². The van der Waals surface area contributed by atoms with Crippen LogP contribution in [0.3, 0.4) is 0 Å². The van der Waals surface area contributed by atoms with Gasteiger partial charge in [0.1, 0.15) is 11.6 Å². The lowest BCUT2D eigenvalue weighted by atomic mass is 10.0. The van der Waals surface area contributed by atoms with Crippen LogP contribution < -0.4 is 10.3 Å². The molecule has 4 heteroatoms. The lowest BCUT2D eigenvalue weighted by Gasteiger charge is -2.07. The largest absolute Gasteiger partial charge is 0.497 e. The smallest absolute Gasteiger partial charge is 0.259 e. The Balaban J connectivity index is 2.00. The number of H-pyrrole nitrogens is 1. The van der Waals surface area contributed by atoms with Gasteiger partial charge in [-0.1, -0.05) is 42.5 Å². The second-order valence-electron chi connectivity index (χ2n) is 5.32. The third-order valence-corrected chi connectivity index (χ3v) is 3.96. The van der Waals surface area contributed by atoms with Gasteiger partial charge >= 0.3 is 0 Å². The molecule has 3 aromatic carbocycles. The molecular formula is C19H14N2O2. The van der Waals surface area contributed by atoms with E-state index in [0.29, 0.717) is 22.5 Å². The summed E-state index contributed by atoms with van der Waals surface area (Å²) in [7, 11) is 1.58. The minimum Gasteiger partial charge on any atom is -0.497 e. The van der Waals surface area contributed by atoms with Gasteiger partial charge in [0, 0.05) is 5.56 Å². The highest BCUT2D eigenvalue weighted by Gasteiger charge is 2.09. The number of aromatic nitrogens is 2. The van der Waals surface area contributed by atoms with Gasteiger partial charge in [-0.15, -0.1) is 0 Å². The molecule has 1 heterocycles. The molecule has 0 saturated carbocycles. The molecule has 0 spiro atoms. The zero-order valence-corrected chi connectivity index (χ0v) is 12.5. The van der Waals surface area contributed by atoms with E-state index in [9.17, 15) is 4.79 Å². The summed E-state index contributed by atoms with van der Waals surface area (Å²) in [4.78, 5) is 19.9. The van der Waals surface area contributed by atoms with Gasteiger partial charge in [-0.25, -0.2) is 4.98 Å². The van der Waals surface area contributed by atoms with Crippen molar-refractivity contribution in [2.24, 2.45) is 0 Å². The minimum atomic E-state index is -0.170. The second-order valence-corrected chi connectivity index (χ2v) is 5.32. The van der Waals surface area contributed by atoms with Crippen LogP contribution in [0.4, 0.5) is 0 Å². The quantitative estimate of drug-likeness (QED) is 0.613. The van der Waals surface area contributed by atoms with Crippen molar-refractivity contribution in [3.05, 3.63) is 71.0 Å². The van der Waals surface area contributed by atoms with Crippen molar-refractivity contribution in [2.75, 3.05) is 7.11 Å². The maximum absolute atomic E-state index is 12.4. The van der Waals surface area contributed by atoms with Crippen molar-refractivity contribution in [1.29, 1.82) is 0 Å². The first-order chi connectivity index (χ1) is 11.3. The molecule has 4 nitrogen and oxygen atoms in total. The molecule has 0 radical (unpaired) electrons. The van der Waals surface area contributed by atoms with E-state index in [1.807, 2.05) is 48.5 Å². The van der Waals surface area contributed by atoms with Crippen molar-refractivity contribution in [1.82, 2.24) is 9.97 Å². The van der Waals surface area contributed by atoms with Crippen molar-refractivity contribution < 1.29 is 4.74 Å². The Bertz CT molecular complexity index is 1080. The van der Waals surface area contributed by atoms with Crippen molar-refractivity contribution >= 4 is 21.7 Å². The summed E-state index contributed by atoms with van der Waals surface area (Å²) in [6, 6.07) is 19.3. The number of rotatable bonds is 2. The molecule has 0 bridgehead atoms. The van der Waals surface area contributed by atoms with Gasteiger partial charge in [0.25, 0.3) is 5.56 Å². The lowest BCUT2D eigenvalue weighted by Crippen LogP contribution is -2.09. The molecule has 23 heavy (non-hydrogen) atoms. The number of methoxy groups -OCH3 is 1. The number of aromatic amines is 1. The number of nitrogens with one attached hydrogen (secondary N) is 1. The van der Waals surface area contributed by atoms with E-state index >= 15 is 0 Å². The van der Waals surface area contributed by atoms with Crippen LogP contribution in [0.2, 0.25) is 0 Å². The van der Waals surface area contributed by atoms with Crippen LogP contribution in [0.5, 0.6) is 5.75 Å². The minimum absolute atomic E-state index is 0.170. The zero-order valence-electron chi connectivity index (χ0n) is 12.5. The van der Waals surface area contributed by atoms with Gasteiger partial charge < -0.3 is 9.72 Å². The molecule has 4 aromatic rings. The van der Waals surface area contributed by atoms with Gasteiger partial charge in [-0.2, -0.15) is 0 Å². The maximum Gasteiger partial charge on any atom is 0.259 e. The van der Waals surface area contributed by atoms with Gasteiger partial charge in [-0.3, -0.25) is 4.79 Å². The van der Waals surface area contributed by atoms with Crippen molar-refractivity contribution in [3.8, 4) is 17.1 Å². The summed E-state index contributed by atoms with van der Waals surface area (Å²) >= 11 is 0. The van der Waals surface area contributed by atoms with Gasteiger partial charge in [-0.05, 0) is 29.0 Å². The lowest BCUT2D eigenvalue weighted by molar-refractivity contribution is 0.415. The maximum atomic E-state index is 12.4. The van der Waals surface area contributed by atoms with Crippen LogP contribution in [0.15, 0.2) is 65.5 Å². The Morgan fingerprint density at radius 3 is 2.65 bits per heavy atom. The monoisotopic (exact) mass is 302 g/mol. The summed E-state index contributed by atoms with van der Waals surface area (Å²) in [5.41, 5.74) is 1.40. The Morgan fingerprint density at radius 1 is 0.957 bits per heavy atom. The molecule has 1 aromatic heterocycles. The van der Waals surface area contributed by atoms with Crippen LogP contribution in [-0.2, 0) is 0 Å². The van der Waals surface area contributed by atoms with Gasteiger partial charge in [0.15, 0.2) is 0 Å². The first-order valence-corrected chi connectivity index (χ1v) is 7.32. The highest BCUT2D eigenvalue weighted by atomic mass is 16.5. The summed E-state index contributed by atoms with van der Waals surface area (Å²) in [5.74, 6) is 1.21. The number of hydrogen-bond donors (Lipinski definition) is 1. The topological polar surface area (TPSA) is 55.0 Å². The summed E-state index contributed by atoms with van der Waals surface area (Å²) in [5, 5.41) is 2.70. The SMILES string of the molecule is COc1ccc2nc(-c3cccc4ccccc34)[nH]c(=O)c2c1. The molecule has 0 aliphatic rings. The standard InChI is InChI=1S/C19H14N2O2/c1-23-13-9-10-17-16(11-13)19(22)21-18(20-17)15-8-4-6-12-5-2-3-7-14(12)15/h2-11H,1H3,(H,20,21,22). The number of hydrogen-bond acceptors (Lipinski definition) is 3. The van der Waals surface area contributed by atoms with Crippen LogP contribution in [0.25, 0.3) is 33.1 Å². The van der Waals surface area contributed by atoms with Crippen molar-refractivity contribution in [2.45, 2.75) is 0 Å². The van der Waals surface area contributed by atoms with Crippen LogP contribution in [-0.4, -0.2) is 17.1 Å². The third kappa shape index (κ3) is 2.25. The zero-order chi connectivity index (χ0) is 15.8. The molecule has 0 atom stereocenters. The molecule has 4 rings (SSSR count). The Kier molecular flexibility index (Phi) is 3.08. The average molecular weight is 302 g/mol. The average Bonchev–Trinajstić information content (AvgIpc) is 2.61. The fourth-order valence-corrected chi connectivity index (χ4v) is 2.80. The molecule has 0 unspecified atom stereocenters. The second kappa shape index (κ2) is 5.25. The summed E-state index contributed by atoms with van der Waals surface area (Å²) in [6.07, 6.45) is 0. The molecule has 112 valence electrons.